The van der Waals surface area contributed by atoms with Gasteiger partial charge in [0.15, 0.2) is 0 Å². The number of aromatic nitrogens is 2. The molecule has 0 radical (unpaired) electrons. The number of phenolic OH excluding ortho intramolecular Hbond substituents is 1. The largest absolute Gasteiger partial charge is 0.508 e. The number of carboxylic acid groups (broad SMARTS) is 1. The van der Waals surface area contributed by atoms with E-state index in [-0.39, 0.29) is 50.3 Å². The number of nitrogens with one attached hydrogen (secondary N) is 6. The maximum Gasteiger partial charge on any atom is 0.326 e. The molecule has 0 bridgehead atoms. The molecule has 7 atom stereocenters. The minimum absolute atomic E-state index is 0.0602. The van der Waals surface area contributed by atoms with E-state index in [2.05, 4.69) is 36.6 Å². The monoisotopic (exact) mass is 849 g/mol. The number of aliphatic carboxylic acids is 1. The lowest BCUT2D eigenvalue weighted by Crippen LogP contribution is -2.60. The number of nitrogens with zero attached hydrogens (tertiary/aromatic N) is 2. The molecule has 3 aromatic rings. The Morgan fingerprint density at radius 2 is 1.33 bits per heavy atom. The van der Waals surface area contributed by atoms with Gasteiger partial charge in [-0.3, -0.25) is 28.8 Å². The molecule has 20 nitrogen and oxygen atoms in total. The van der Waals surface area contributed by atoms with Crippen LogP contribution in [0.25, 0.3) is 0 Å². The van der Waals surface area contributed by atoms with Crippen molar-refractivity contribution in [2.24, 2.45) is 11.7 Å². The summed E-state index contributed by atoms with van der Waals surface area (Å²) in [6.07, 6.45) is 3.47. The number of nitrogens with two attached hydrogens (primary N) is 1. The highest BCUT2D eigenvalue weighted by molar-refractivity contribution is 5.97. The first-order valence-corrected chi connectivity index (χ1v) is 19.9. The minimum Gasteiger partial charge on any atom is -0.508 e. The number of carbonyl (C=O) groups is 7. The first-order chi connectivity index (χ1) is 29.1. The van der Waals surface area contributed by atoms with E-state index >= 15 is 0 Å². The summed E-state index contributed by atoms with van der Waals surface area (Å²) in [5.74, 6) is -6.40. The van der Waals surface area contributed by atoms with Crippen LogP contribution in [0.1, 0.15) is 49.9 Å². The molecule has 330 valence electrons. The van der Waals surface area contributed by atoms with Crippen molar-refractivity contribution < 1.29 is 54.0 Å². The van der Waals surface area contributed by atoms with Crippen LogP contribution in [0.15, 0.2) is 67.1 Å². The number of aromatic hydroxyl groups is 1. The van der Waals surface area contributed by atoms with Crippen molar-refractivity contribution in [3.05, 3.63) is 83.9 Å². The zero-order chi connectivity index (χ0) is 44.6. The van der Waals surface area contributed by atoms with Gasteiger partial charge in [0.25, 0.3) is 0 Å². The number of likely N-dealkylation sites (tertiary alicyclic amines) is 1. The molecule has 0 saturated carbocycles. The molecule has 12 N–H and O–H groups in total. The van der Waals surface area contributed by atoms with Gasteiger partial charge in [-0.25, -0.2) is 9.78 Å². The van der Waals surface area contributed by atoms with Gasteiger partial charge >= 0.3 is 5.97 Å². The number of H-pyrrole nitrogens is 1. The lowest BCUT2D eigenvalue weighted by Gasteiger charge is -2.30. The third kappa shape index (κ3) is 14.1. The van der Waals surface area contributed by atoms with Gasteiger partial charge in [0.1, 0.15) is 42.0 Å². The number of aliphatic hydroxyl groups excluding tert-OH is 2. The second kappa shape index (κ2) is 22.8. The lowest BCUT2D eigenvalue weighted by atomic mass is 10.00. The van der Waals surface area contributed by atoms with Crippen molar-refractivity contribution in [2.75, 3.05) is 19.8 Å². The quantitative estimate of drug-likeness (QED) is 0.0522. The maximum atomic E-state index is 14.0. The number of amides is 6. The summed E-state index contributed by atoms with van der Waals surface area (Å²) < 4.78 is 0. The number of aliphatic hydroxyl groups is 2. The predicted octanol–water partition coefficient (Wildman–Crippen LogP) is -2.00. The highest BCUT2D eigenvalue weighted by Gasteiger charge is 2.40. The van der Waals surface area contributed by atoms with Crippen LogP contribution in [0, 0.1) is 5.92 Å². The highest BCUT2D eigenvalue weighted by atomic mass is 16.4. The number of imidazole rings is 1. The van der Waals surface area contributed by atoms with Crippen molar-refractivity contribution in [3.8, 4) is 5.75 Å². The van der Waals surface area contributed by atoms with Crippen LogP contribution < -0.4 is 32.3 Å². The second-order valence-corrected chi connectivity index (χ2v) is 15.3. The van der Waals surface area contributed by atoms with Crippen molar-refractivity contribution in [1.29, 1.82) is 0 Å². The van der Waals surface area contributed by atoms with E-state index in [4.69, 9.17) is 5.73 Å². The van der Waals surface area contributed by atoms with Gasteiger partial charge in [0.2, 0.25) is 35.4 Å². The van der Waals surface area contributed by atoms with Crippen molar-refractivity contribution >= 4 is 41.4 Å². The Morgan fingerprint density at radius 1 is 0.754 bits per heavy atom. The molecule has 2 aromatic carbocycles. The molecular weight excluding hydrogens is 795 g/mol. The number of benzene rings is 2. The van der Waals surface area contributed by atoms with E-state index in [9.17, 15) is 54.0 Å². The summed E-state index contributed by atoms with van der Waals surface area (Å²) in [6.45, 7) is 2.03. The minimum atomic E-state index is -1.62. The smallest absolute Gasteiger partial charge is 0.326 e. The molecule has 1 aromatic heterocycles. The van der Waals surface area contributed by atoms with E-state index in [0.717, 1.165) is 0 Å². The Labute approximate surface area is 352 Å². The van der Waals surface area contributed by atoms with Crippen LogP contribution in [0.3, 0.4) is 0 Å². The Kier molecular flexibility index (Phi) is 17.7. The number of rotatable bonds is 22. The molecular formula is C41H55N9O11. The number of phenols is 1. The number of carbonyl (C=O) groups excluding carboxylic acids is 6. The molecule has 61 heavy (non-hydrogen) atoms. The van der Waals surface area contributed by atoms with Gasteiger partial charge in [-0.15, -0.1) is 0 Å². The maximum absolute atomic E-state index is 14.0. The SMILES string of the molecule is CC(C)C[C@H](NC(=O)[C@@H]1CCCN1C(=O)[C@H](CO)NC(=O)[C@@H](N)Cc1cnc[nH]1)C(=O)N[C@@H](Cc1ccc(O)cc1)C(=O)N[C@@H](CO)C(=O)N[C@@H](Cc1ccccc1)C(=O)O. The van der Waals surface area contributed by atoms with Gasteiger partial charge in [-0.1, -0.05) is 56.3 Å². The van der Waals surface area contributed by atoms with Gasteiger partial charge in [0.05, 0.1) is 25.6 Å². The van der Waals surface area contributed by atoms with E-state index in [1.54, 1.807) is 44.2 Å². The van der Waals surface area contributed by atoms with Crippen LogP contribution in [0.2, 0.25) is 0 Å². The third-order valence-corrected chi connectivity index (χ3v) is 10.0. The Bertz CT molecular complexity index is 1950. The molecule has 0 unspecified atom stereocenters. The first-order valence-electron chi connectivity index (χ1n) is 19.9. The molecule has 1 saturated heterocycles. The summed E-state index contributed by atoms with van der Waals surface area (Å²) in [7, 11) is 0. The van der Waals surface area contributed by atoms with Crippen LogP contribution in [-0.2, 0) is 52.8 Å². The standard InChI is InChI=1S/C41H55N9O11/c1-23(2)15-29(46-39(58)34-9-6-14-50(34)40(59)33(21-52)49-35(54)28(42)18-26-19-43-22-44-26)36(55)45-30(16-25-10-12-27(53)13-11-25)37(56)48-32(20-51)38(57)47-31(41(60)61)17-24-7-4-3-5-8-24/h3-5,7-8,10-13,19,22-23,28-34,51-53H,6,9,14-18,20-21,42H2,1-2H3,(H,43,44)(H,45,55)(H,46,58)(H,47,57)(H,48,56)(H,49,54)(H,60,61)/t28-,29-,30-,31-,32-,33-,34-/m0/s1. The number of aromatic amines is 1. The van der Waals surface area contributed by atoms with Gasteiger partial charge < -0.3 is 62.6 Å². The summed E-state index contributed by atoms with van der Waals surface area (Å²) in [5.41, 5.74) is 7.69. The van der Waals surface area contributed by atoms with Gasteiger partial charge in [0, 0.05) is 37.7 Å². The van der Waals surface area contributed by atoms with Crippen LogP contribution in [0.5, 0.6) is 5.75 Å². The molecule has 2 heterocycles. The van der Waals surface area contributed by atoms with E-state index in [0.29, 0.717) is 23.2 Å². The second-order valence-electron chi connectivity index (χ2n) is 15.3. The van der Waals surface area contributed by atoms with Crippen LogP contribution in [-0.4, -0.2) is 139 Å². The molecule has 6 amide bonds. The fraction of sp³-hybridized carbons (Fsp3) is 0.463. The molecule has 0 spiro atoms. The third-order valence-electron chi connectivity index (χ3n) is 10.0. The molecule has 0 aliphatic carbocycles. The number of hydrogen-bond acceptors (Lipinski definition) is 12. The topological polar surface area (TPSA) is 318 Å². The summed E-state index contributed by atoms with van der Waals surface area (Å²) in [5, 5.41) is 52.3. The lowest BCUT2D eigenvalue weighted by molar-refractivity contribution is -0.143. The predicted molar refractivity (Wildman–Crippen MR) is 218 cm³/mol. The fourth-order valence-corrected chi connectivity index (χ4v) is 6.80. The molecule has 4 rings (SSSR count). The molecule has 20 heteroatoms. The number of carboxylic acids is 1. The Morgan fingerprint density at radius 3 is 1.93 bits per heavy atom. The zero-order valence-electron chi connectivity index (χ0n) is 34.0. The van der Waals surface area contributed by atoms with Crippen LogP contribution >= 0.6 is 0 Å². The Hall–Kier alpha value is -6.38. The van der Waals surface area contributed by atoms with E-state index < -0.39 is 96.9 Å². The van der Waals surface area contributed by atoms with E-state index in [1.807, 2.05) is 0 Å². The van der Waals surface area contributed by atoms with Crippen molar-refractivity contribution in [1.82, 2.24) is 41.5 Å². The fourth-order valence-electron chi connectivity index (χ4n) is 6.80. The normalized spacial score (nSPS) is 16.6. The first kappa shape index (κ1) is 47.3. The van der Waals surface area contributed by atoms with Crippen molar-refractivity contribution in [2.45, 2.75) is 94.7 Å². The van der Waals surface area contributed by atoms with E-state index in [1.165, 1.54) is 41.7 Å². The van der Waals surface area contributed by atoms with Crippen molar-refractivity contribution in [3.63, 3.8) is 0 Å². The molecule has 1 aliphatic heterocycles. The van der Waals surface area contributed by atoms with Gasteiger partial charge in [-0.2, -0.15) is 0 Å². The summed E-state index contributed by atoms with van der Waals surface area (Å²) >= 11 is 0. The van der Waals surface area contributed by atoms with Crippen LogP contribution in [0.4, 0.5) is 0 Å². The summed E-state index contributed by atoms with van der Waals surface area (Å²) in [6, 6.07) is 5.04. The molecule has 1 fully saturated rings. The summed E-state index contributed by atoms with van der Waals surface area (Å²) in [4.78, 5) is 101. The number of hydrogen-bond donors (Lipinski definition) is 11. The average Bonchev–Trinajstić information content (AvgIpc) is 3.95. The molecule has 1 aliphatic rings. The zero-order valence-corrected chi connectivity index (χ0v) is 34.0. The average molecular weight is 850 g/mol. The van der Waals surface area contributed by atoms with Gasteiger partial charge in [-0.05, 0) is 48.4 Å². The Balaban J connectivity index is 1.47. The highest BCUT2D eigenvalue weighted by Crippen LogP contribution is 2.20.